The maximum atomic E-state index is 11.9. The number of amides is 1. The van der Waals surface area contributed by atoms with Crippen LogP contribution in [-0.2, 0) is 4.79 Å². The summed E-state index contributed by atoms with van der Waals surface area (Å²) < 4.78 is 0. The number of aryl methyl sites for hydroxylation is 1. The molecule has 22 heavy (non-hydrogen) atoms. The number of hydrogen-bond donors (Lipinski definition) is 4. The summed E-state index contributed by atoms with van der Waals surface area (Å²) in [4.78, 5) is 19.3. The summed E-state index contributed by atoms with van der Waals surface area (Å²) in [5.74, 6) is -0.499. The van der Waals surface area contributed by atoms with Gasteiger partial charge in [0, 0.05) is 16.8 Å². The number of pyridine rings is 1. The molecule has 0 aliphatic rings. The number of allylic oxidation sites excluding steroid dienone is 1. The Morgan fingerprint density at radius 3 is 2.55 bits per heavy atom. The molecule has 0 fully saturated rings. The number of fused-ring (bicyclic) bond motifs is 1. The molecular formula is C16H23N5O. The fourth-order valence-electron chi connectivity index (χ4n) is 1.78. The first-order valence-corrected chi connectivity index (χ1v) is 7.17. The number of nitrogens with one attached hydrogen (secondary N) is 3. The number of carbonyl (C=O) groups excluding carboxylic acids is 1. The molecule has 0 unspecified atom stereocenters. The molecule has 0 radical (unpaired) electrons. The first-order chi connectivity index (χ1) is 10.4. The second-order valence-electron chi connectivity index (χ2n) is 4.75. The molecule has 0 spiro atoms. The number of aromatic amines is 1. The minimum absolute atomic E-state index is 0.143. The molecule has 2 aromatic rings. The third-order valence-corrected chi connectivity index (χ3v) is 3.06. The van der Waals surface area contributed by atoms with Gasteiger partial charge in [0.1, 0.15) is 11.4 Å². The van der Waals surface area contributed by atoms with Crippen molar-refractivity contribution in [1.82, 2.24) is 9.97 Å². The number of H-pyrrole nitrogens is 1. The van der Waals surface area contributed by atoms with E-state index in [1.807, 2.05) is 32.9 Å². The lowest BCUT2D eigenvalue weighted by molar-refractivity contribution is -0.110. The van der Waals surface area contributed by atoms with Crippen molar-refractivity contribution in [2.45, 2.75) is 34.6 Å². The average molecular weight is 301 g/mol. The maximum Gasteiger partial charge on any atom is 0.273 e. The van der Waals surface area contributed by atoms with Crippen molar-refractivity contribution in [1.29, 1.82) is 5.41 Å². The Hall–Kier alpha value is -2.63. The first-order valence-electron chi connectivity index (χ1n) is 7.17. The molecule has 0 saturated carbocycles. The van der Waals surface area contributed by atoms with Crippen LogP contribution in [-0.4, -0.2) is 21.6 Å². The third kappa shape index (κ3) is 3.94. The number of rotatable bonds is 3. The van der Waals surface area contributed by atoms with Gasteiger partial charge in [-0.3, -0.25) is 10.2 Å². The van der Waals surface area contributed by atoms with E-state index in [1.165, 1.54) is 0 Å². The highest BCUT2D eigenvalue weighted by molar-refractivity contribution is 6.47. The van der Waals surface area contributed by atoms with Gasteiger partial charge in [0.25, 0.3) is 5.91 Å². The molecule has 0 aliphatic heterocycles. The zero-order valence-corrected chi connectivity index (χ0v) is 13.7. The van der Waals surface area contributed by atoms with Crippen molar-refractivity contribution < 1.29 is 4.79 Å². The normalized spacial score (nSPS) is 11.3. The van der Waals surface area contributed by atoms with Crippen LogP contribution in [0.25, 0.3) is 11.0 Å². The van der Waals surface area contributed by atoms with Gasteiger partial charge in [-0.15, -0.1) is 0 Å². The highest BCUT2D eigenvalue weighted by Crippen LogP contribution is 2.17. The van der Waals surface area contributed by atoms with Gasteiger partial charge in [-0.1, -0.05) is 13.8 Å². The minimum atomic E-state index is -0.499. The first kappa shape index (κ1) is 17.4. The van der Waals surface area contributed by atoms with Crippen LogP contribution in [0.2, 0.25) is 0 Å². The van der Waals surface area contributed by atoms with E-state index in [4.69, 9.17) is 11.1 Å². The molecule has 0 saturated heterocycles. The van der Waals surface area contributed by atoms with Gasteiger partial charge in [0.05, 0.1) is 11.9 Å². The Morgan fingerprint density at radius 2 is 1.95 bits per heavy atom. The molecule has 5 N–H and O–H groups in total. The molecule has 2 aromatic heterocycles. The number of aromatic nitrogens is 2. The summed E-state index contributed by atoms with van der Waals surface area (Å²) in [6.07, 6.45) is 1.55. The molecule has 0 aromatic carbocycles. The predicted molar refractivity (Wildman–Crippen MR) is 91.1 cm³/mol. The quantitative estimate of drug-likeness (QED) is 0.654. The predicted octanol–water partition coefficient (Wildman–Crippen LogP) is 3.11. The van der Waals surface area contributed by atoms with Gasteiger partial charge < -0.3 is 16.0 Å². The summed E-state index contributed by atoms with van der Waals surface area (Å²) in [5, 5.41) is 11.3. The molecule has 0 bridgehead atoms. The molecule has 0 aliphatic carbocycles. The average Bonchev–Trinajstić information content (AvgIpc) is 2.86. The van der Waals surface area contributed by atoms with E-state index in [1.54, 1.807) is 20.0 Å². The number of nitrogens with two attached hydrogens (primary N) is 1. The van der Waals surface area contributed by atoms with Crippen molar-refractivity contribution in [2.24, 2.45) is 5.73 Å². The minimum Gasteiger partial charge on any atom is -0.402 e. The number of carbonyl (C=O) groups is 1. The highest BCUT2D eigenvalue weighted by atomic mass is 16.1. The zero-order valence-electron chi connectivity index (χ0n) is 13.7. The van der Waals surface area contributed by atoms with E-state index in [0.717, 1.165) is 16.7 Å². The van der Waals surface area contributed by atoms with Gasteiger partial charge in [-0.2, -0.15) is 0 Å². The summed E-state index contributed by atoms with van der Waals surface area (Å²) in [6, 6.07) is 3.75. The van der Waals surface area contributed by atoms with E-state index >= 15 is 0 Å². The zero-order chi connectivity index (χ0) is 16.9. The topological polar surface area (TPSA) is 108 Å². The molecule has 1 amide bonds. The lowest BCUT2D eigenvalue weighted by atomic mass is 10.1. The van der Waals surface area contributed by atoms with Crippen LogP contribution < -0.4 is 11.1 Å². The summed E-state index contributed by atoms with van der Waals surface area (Å²) >= 11 is 0. The second-order valence-corrected chi connectivity index (χ2v) is 4.75. The summed E-state index contributed by atoms with van der Waals surface area (Å²) in [5.41, 5.74) is 8.69. The largest absolute Gasteiger partial charge is 0.402 e. The molecule has 6 heteroatoms. The van der Waals surface area contributed by atoms with E-state index in [9.17, 15) is 4.79 Å². The molecule has 118 valence electrons. The Morgan fingerprint density at radius 1 is 1.32 bits per heavy atom. The van der Waals surface area contributed by atoms with Crippen molar-refractivity contribution >= 4 is 28.3 Å². The van der Waals surface area contributed by atoms with Crippen LogP contribution in [0.5, 0.6) is 0 Å². The fraction of sp³-hybridized carbons (Fsp3) is 0.312. The number of hydrogen-bond acceptors (Lipinski definition) is 4. The van der Waals surface area contributed by atoms with Crippen molar-refractivity contribution in [2.75, 3.05) is 5.32 Å². The Labute approximate surface area is 130 Å². The van der Waals surface area contributed by atoms with Gasteiger partial charge in [0.15, 0.2) is 0 Å². The molecule has 0 atom stereocenters. The van der Waals surface area contributed by atoms with Crippen LogP contribution in [0.1, 0.15) is 33.4 Å². The third-order valence-electron chi connectivity index (χ3n) is 3.06. The van der Waals surface area contributed by atoms with Crippen LogP contribution in [0.15, 0.2) is 29.6 Å². The van der Waals surface area contributed by atoms with Crippen LogP contribution in [0.3, 0.4) is 0 Å². The van der Waals surface area contributed by atoms with Crippen LogP contribution in [0.4, 0.5) is 5.69 Å². The fourth-order valence-corrected chi connectivity index (χ4v) is 1.78. The van der Waals surface area contributed by atoms with Gasteiger partial charge in [-0.05, 0) is 38.5 Å². The van der Waals surface area contributed by atoms with Crippen molar-refractivity contribution in [3.63, 3.8) is 0 Å². The monoisotopic (exact) mass is 301 g/mol. The maximum absolute atomic E-state index is 11.9. The van der Waals surface area contributed by atoms with Crippen molar-refractivity contribution in [3.8, 4) is 0 Å². The highest BCUT2D eigenvalue weighted by Gasteiger charge is 2.13. The van der Waals surface area contributed by atoms with E-state index in [2.05, 4.69) is 15.3 Å². The van der Waals surface area contributed by atoms with Crippen molar-refractivity contribution in [3.05, 3.63) is 35.3 Å². The number of nitrogens with zero attached hydrogens (tertiary/aromatic N) is 1. The van der Waals surface area contributed by atoms with Crippen LogP contribution >= 0.6 is 0 Å². The van der Waals surface area contributed by atoms with Gasteiger partial charge >= 0.3 is 0 Å². The molecule has 2 rings (SSSR count). The Balaban J connectivity index is 0.00000116. The SMILES string of the molecule is C/C(N)=C(\C)C(=N)C(=O)Nc1cnc2[nH]c(C)cc2c1.CC. The summed E-state index contributed by atoms with van der Waals surface area (Å²) in [7, 11) is 0. The lowest BCUT2D eigenvalue weighted by Crippen LogP contribution is -2.24. The smallest absolute Gasteiger partial charge is 0.273 e. The molecule has 6 nitrogen and oxygen atoms in total. The Bertz CT molecular complexity index is 723. The number of anilines is 1. The second kappa shape index (κ2) is 7.40. The lowest BCUT2D eigenvalue weighted by Gasteiger charge is -2.07. The molecule has 2 heterocycles. The molecular weight excluding hydrogens is 278 g/mol. The van der Waals surface area contributed by atoms with E-state index < -0.39 is 5.91 Å². The standard InChI is InChI=1S/C14H17N5O.C2H6/c1-7-4-10-5-11(6-17-13(10)18-7)19-14(20)12(16)8(2)9(3)15;1-2/h4-6,16H,15H2,1-3H3,(H,17,18)(H,19,20);1-2H3/b9-8-,16-12?;. The van der Waals surface area contributed by atoms with E-state index in [0.29, 0.717) is 17.0 Å². The van der Waals surface area contributed by atoms with Crippen LogP contribution in [0, 0.1) is 12.3 Å². The van der Waals surface area contributed by atoms with Gasteiger partial charge in [0.2, 0.25) is 0 Å². The van der Waals surface area contributed by atoms with E-state index in [-0.39, 0.29) is 5.71 Å². The summed E-state index contributed by atoms with van der Waals surface area (Å²) in [6.45, 7) is 9.25. The van der Waals surface area contributed by atoms with Gasteiger partial charge in [-0.25, -0.2) is 4.98 Å². The Kier molecular flexibility index (Phi) is 5.86.